The van der Waals surface area contributed by atoms with Crippen molar-refractivity contribution in [3.8, 4) is 5.75 Å². The number of hydrogen-bond donors (Lipinski definition) is 1. The summed E-state index contributed by atoms with van der Waals surface area (Å²) < 4.78 is 5.93. The van der Waals surface area contributed by atoms with Crippen molar-refractivity contribution in [3.63, 3.8) is 0 Å². The lowest BCUT2D eigenvalue weighted by Crippen LogP contribution is -2.02. The molecule has 2 nitrogen and oxygen atoms in total. The lowest BCUT2D eigenvalue weighted by Gasteiger charge is -2.13. The summed E-state index contributed by atoms with van der Waals surface area (Å²) >= 11 is 0. The van der Waals surface area contributed by atoms with E-state index in [-0.39, 0.29) is 0 Å². The summed E-state index contributed by atoms with van der Waals surface area (Å²) in [4.78, 5) is 0. The molecule has 21 heavy (non-hydrogen) atoms. The Kier molecular flexibility index (Phi) is 5.03. The first-order valence-electron chi connectivity index (χ1n) is 7.53. The molecule has 0 unspecified atom stereocenters. The van der Waals surface area contributed by atoms with Gasteiger partial charge in [-0.3, -0.25) is 0 Å². The van der Waals surface area contributed by atoms with Crippen LogP contribution in [0.4, 0.5) is 0 Å². The number of benzene rings is 2. The molecule has 0 bridgehead atoms. The van der Waals surface area contributed by atoms with Crippen LogP contribution in [0.15, 0.2) is 36.4 Å². The Balaban J connectivity index is 2.08. The molecule has 112 valence electrons. The van der Waals surface area contributed by atoms with Gasteiger partial charge in [0.15, 0.2) is 0 Å². The Morgan fingerprint density at radius 3 is 2.33 bits per heavy atom. The molecule has 0 fully saturated rings. The van der Waals surface area contributed by atoms with E-state index in [1.807, 2.05) is 0 Å². The lowest BCUT2D eigenvalue weighted by molar-refractivity contribution is 0.305. The quantitative estimate of drug-likeness (QED) is 0.879. The van der Waals surface area contributed by atoms with Gasteiger partial charge in [-0.15, -0.1) is 0 Å². The fraction of sp³-hybridized carbons (Fsp3) is 0.368. The van der Waals surface area contributed by atoms with E-state index in [1.54, 1.807) is 0 Å². The van der Waals surface area contributed by atoms with E-state index in [1.165, 1.54) is 22.3 Å². The smallest absolute Gasteiger partial charge is 0.120 e. The summed E-state index contributed by atoms with van der Waals surface area (Å²) in [6.45, 7) is 9.85. The maximum Gasteiger partial charge on any atom is 0.120 e. The molecule has 2 N–H and O–H groups in total. The molecular formula is C19H25NO. The molecule has 0 aromatic heterocycles. The Morgan fingerprint density at radius 1 is 1.00 bits per heavy atom. The van der Waals surface area contributed by atoms with Crippen molar-refractivity contribution in [1.82, 2.24) is 0 Å². The number of nitrogens with two attached hydrogens (primary N) is 1. The van der Waals surface area contributed by atoms with Crippen molar-refractivity contribution in [2.75, 3.05) is 0 Å². The van der Waals surface area contributed by atoms with Crippen molar-refractivity contribution in [2.45, 2.75) is 46.8 Å². The minimum absolute atomic E-state index is 0.546. The standard InChI is InChI=1S/C19H25NO/c1-13(2)19-8-7-18(10-15(19)4)21-12-17-6-5-16(11-20)9-14(17)3/h5-10,13H,11-12,20H2,1-4H3. The van der Waals surface area contributed by atoms with E-state index in [2.05, 4.69) is 64.1 Å². The van der Waals surface area contributed by atoms with Crippen molar-refractivity contribution in [1.29, 1.82) is 0 Å². The van der Waals surface area contributed by atoms with Crippen LogP contribution in [0.1, 0.15) is 47.6 Å². The highest BCUT2D eigenvalue weighted by molar-refractivity contribution is 5.37. The minimum atomic E-state index is 0.546. The molecular weight excluding hydrogens is 258 g/mol. The average Bonchev–Trinajstić information content (AvgIpc) is 2.45. The number of rotatable bonds is 5. The van der Waals surface area contributed by atoms with Gasteiger partial charge >= 0.3 is 0 Å². The first kappa shape index (κ1) is 15.6. The van der Waals surface area contributed by atoms with Crippen molar-refractivity contribution in [2.24, 2.45) is 5.73 Å². The highest BCUT2D eigenvalue weighted by atomic mass is 16.5. The maximum atomic E-state index is 5.93. The van der Waals surface area contributed by atoms with Crippen LogP contribution in [-0.2, 0) is 13.2 Å². The molecule has 0 atom stereocenters. The molecule has 0 aliphatic carbocycles. The third-order valence-corrected chi connectivity index (χ3v) is 3.90. The topological polar surface area (TPSA) is 35.2 Å². The van der Waals surface area contributed by atoms with Crippen LogP contribution in [-0.4, -0.2) is 0 Å². The normalized spacial score (nSPS) is 11.0. The van der Waals surface area contributed by atoms with Crippen LogP contribution in [0.25, 0.3) is 0 Å². The van der Waals surface area contributed by atoms with Gasteiger partial charge in [-0.05, 0) is 59.7 Å². The fourth-order valence-electron chi connectivity index (χ4n) is 2.59. The second-order valence-electron chi connectivity index (χ2n) is 5.93. The third-order valence-electron chi connectivity index (χ3n) is 3.90. The van der Waals surface area contributed by atoms with Gasteiger partial charge in [-0.2, -0.15) is 0 Å². The summed E-state index contributed by atoms with van der Waals surface area (Å²) in [6.07, 6.45) is 0. The predicted octanol–water partition coefficient (Wildman–Crippen LogP) is 4.46. The number of aryl methyl sites for hydroxylation is 2. The SMILES string of the molecule is Cc1cc(CN)ccc1COc1ccc(C(C)C)c(C)c1. The molecule has 0 aliphatic rings. The average molecular weight is 283 g/mol. The van der Waals surface area contributed by atoms with E-state index in [9.17, 15) is 0 Å². The van der Waals surface area contributed by atoms with Crippen LogP contribution in [0.3, 0.4) is 0 Å². The first-order valence-corrected chi connectivity index (χ1v) is 7.53. The Morgan fingerprint density at radius 2 is 1.76 bits per heavy atom. The Bertz CT molecular complexity index is 617. The van der Waals surface area contributed by atoms with Crippen molar-refractivity contribution < 1.29 is 4.74 Å². The Labute approximate surface area is 127 Å². The van der Waals surface area contributed by atoms with Gasteiger partial charge in [-0.25, -0.2) is 0 Å². The molecule has 0 heterocycles. The molecule has 2 heteroatoms. The van der Waals surface area contributed by atoms with E-state index < -0.39 is 0 Å². The van der Waals surface area contributed by atoms with Gasteiger partial charge in [0.1, 0.15) is 12.4 Å². The summed E-state index contributed by atoms with van der Waals surface area (Å²) in [7, 11) is 0. The molecule has 0 saturated carbocycles. The molecule has 0 saturated heterocycles. The van der Waals surface area contributed by atoms with Gasteiger partial charge in [0, 0.05) is 6.54 Å². The van der Waals surface area contributed by atoms with Crippen molar-refractivity contribution in [3.05, 3.63) is 64.2 Å². The van der Waals surface area contributed by atoms with Crippen LogP contribution >= 0.6 is 0 Å². The van der Waals surface area contributed by atoms with E-state index in [4.69, 9.17) is 10.5 Å². The van der Waals surface area contributed by atoms with E-state index in [0.717, 1.165) is 11.3 Å². The van der Waals surface area contributed by atoms with Gasteiger partial charge in [0.25, 0.3) is 0 Å². The summed E-state index contributed by atoms with van der Waals surface area (Å²) in [5.41, 5.74) is 11.9. The second-order valence-corrected chi connectivity index (χ2v) is 5.93. The second kappa shape index (κ2) is 6.77. The molecule has 2 aromatic carbocycles. The van der Waals surface area contributed by atoms with E-state index >= 15 is 0 Å². The maximum absolute atomic E-state index is 5.93. The lowest BCUT2D eigenvalue weighted by atomic mass is 9.98. The van der Waals surface area contributed by atoms with Crippen LogP contribution in [0, 0.1) is 13.8 Å². The summed E-state index contributed by atoms with van der Waals surface area (Å²) in [5, 5.41) is 0. The third kappa shape index (κ3) is 3.85. The molecule has 2 rings (SSSR count). The van der Waals surface area contributed by atoms with Crippen LogP contribution in [0.2, 0.25) is 0 Å². The Hall–Kier alpha value is -1.80. The highest BCUT2D eigenvalue weighted by Gasteiger charge is 2.06. The fourth-order valence-corrected chi connectivity index (χ4v) is 2.59. The highest BCUT2D eigenvalue weighted by Crippen LogP contribution is 2.24. The van der Waals surface area contributed by atoms with Gasteiger partial charge in [0.2, 0.25) is 0 Å². The molecule has 0 radical (unpaired) electrons. The number of hydrogen-bond acceptors (Lipinski definition) is 2. The minimum Gasteiger partial charge on any atom is -0.489 e. The zero-order valence-corrected chi connectivity index (χ0v) is 13.4. The van der Waals surface area contributed by atoms with Crippen LogP contribution in [0.5, 0.6) is 5.75 Å². The van der Waals surface area contributed by atoms with Crippen molar-refractivity contribution >= 4 is 0 Å². The van der Waals surface area contributed by atoms with Gasteiger partial charge in [-0.1, -0.05) is 38.1 Å². The number of ether oxygens (including phenoxy) is 1. The summed E-state index contributed by atoms with van der Waals surface area (Å²) in [5.74, 6) is 1.48. The van der Waals surface area contributed by atoms with Gasteiger partial charge < -0.3 is 10.5 Å². The zero-order valence-electron chi connectivity index (χ0n) is 13.4. The van der Waals surface area contributed by atoms with Gasteiger partial charge in [0.05, 0.1) is 0 Å². The monoisotopic (exact) mass is 283 g/mol. The molecule has 0 amide bonds. The summed E-state index contributed by atoms with van der Waals surface area (Å²) in [6, 6.07) is 12.7. The van der Waals surface area contributed by atoms with Crippen LogP contribution < -0.4 is 10.5 Å². The predicted molar refractivity (Wildman–Crippen MR) is 88.7 cm³/mol. The molecule has 2 aromatic rings. The molecule has 0 aliphatic heterocycles. The first-order chi connectivity index (χ1) is 10.0. The largest absolute Gasteiger partial charge is 0.489 e. The molecule has 0 spiro atoms. The zero-order chi connectivity index (χ0) is 15.4. The van der Waals surface area contributed by atoms with E-state index in [0.29, 0.717) is 19.1 Å².